The van der Waals surface area contributed by atoms with E-state index < -0.39 is 11.7 Å². The van der Waals surface area contributed by atoms with Crippen LogP contribution in [0.25, 0.3) is 0 Å². The van der Waals surface area contributed by atoms with Crippen LogP contribution >= 0.6 is 11.8 Å². The molecule has 2 rings (SSSR count). The topological polar surface area (TPSA) is 40.6 Å². The van der Waals surface area contributed by atoms with Gasteiger partial charge in [0.15, 0.2) is 0 Å². The standard InChI is InChI=1S/C20H27F3N2O2S/c1-5-24(17(26)12-13(2)3)10-11-25-18(27)14(4)28-19(25)15-6-8-16(9-7-15)20(21,22)23/h6-9,13-14,19H,5,10-12H2,1-4H3. The molecule has 0 saturated carbocycles. The molecular formula is C20H27F3N2O2S. The molecular weight excluding hydrogens is 389 g/mol. The van der Waals surface area contributed by atoms with Crippen molar-refractivity contribution in [1.29, 1.82) is 0 Å². The summed E-state index contributed by atoms with van der Waals surface area (Å²) < 4.78 is 38.4. The van der Waals surface area contributed by atoms with Gasteiger partial charge in [-0.2, -0.15) is 13.2 Å². The van der Waals surface area contributed by atoms with Crippen LogP contribution < -0.4 is 0 Å². The Morgan fingerprint density at radius 2 is 1.86 bits per heavy atom. The Kier molecular flexibility index (Phi) is 7.42. The highest BCUT2D eigenvalue weighted by molar-refractivity contribution is 8.01. The van der Waals surface area contributed by atoms with E-state index in [2.05, 4.69) is 0 Å². The first kappa shape index (κ1) is 22.6. The third kappa shape index (κ3) is 5.43. The highest BCUT2D eigenvalue weighted by atomic mass is 32.2. The van der Waals surface area contributed by atoms with Crippen molar-refractivity contribution in [3.8, 4) is 0 Å². The lowest BCUT2D eigenvalue weighted by atomic mass is 10.1. The van der Waals surface area contributed by atoms with Gasteiger partial charge in [-0.25, -0.2) is 0 Å². The van der Waals surface area contributed by atoms with E-state index in [1.807, 2.05) is 20.8 Å². The van der Waals surface area contributed by atoms with Crippen molar-refractivity contribution >= 4 is 23.6 Å². The van der Waals surface area contributed by atoms with Gasteiger partial charge in [0.25, 0.3) is 0 Å². The van der Waals surface area contributed by atoms with Gasteiger partial charge in [0.1, 0.15) is 5.37 Å². The minimum atomic E-state index is -4.39. The summed E-state index contributed by atoms with van der Waals surface area (Å²) in [5.74, 6) is 0.253. The molecule has 2 amide bonds. The van der Waals surface area contributed by atoms with Gasteiger partial charge in [-0.1, -0.05) is 26.0 Å². The van der Waals surface area contributed by atoms with E-state index in [4.69, 9.17) is 0 Å². The third-order valence-electron chi connectivity index (χ3n) is 4.70. The largest absolute Gasteiger partial charge is 0.416 e. The smallest absolute Gasteiger partial charge is 0.341 e. The number of rotatable bonds is 7. The molecule has 8 heteroatoms. The van der Waals surface area contributed by atoms with E-state index in [0.29, 0.717) is 31.6 Å². The second kappa shape index (κ2) is 9.20. The monoisotopic (exact) mass is 416 g/mol. The fourth-order valence-electron chi connectivity index (χ4n) is 3.16. The van der Waals surface area contributed by atoms with Crippen molar-refractivity contribution in [3.05, 3.63) is 35.4 Å². The Labute approximate surface area is 168 Å². The summed E-state index contributed by atoms with van der Waals surface area (Å²) in [6.45, 7) is 8.99. The van der Waals surface area contributed by atoms with Crippen molar-refractivity contribution in [2.75, 3.05) is 19.6 Å². The fraction of sp³-hybridized carbons (Fsp3) is 0.600. The molecule has 2 atom stereocenters. The number of thioether (sulfide) groups is 1. The van der Waals surface area contributed by atoms with Crippen molar-refractivity contribution < 1.29 is 22.8 Å². The van der Waals surface area contributed by atoms with Crippen molar-refractivity contribution in [2.45, 2.75) is 50.9 Å². The van der Waals surface area contributed by atoms with Gasteiger partial charge in [0.2, 0.25) is 11.8 Å². The number of benzene rings is 1. The number of alkyl halides is 3. The predicted molar refractivity (Wildman–Crippen MR) is 105 cm³/mol. The van der Waals surface area contributed by atoms with Gasteiger partial charge in [0, 0.05) is 26.1 Å². The van der Waals surface area contributed by atoms with Crippen LogP contribution in [0, 0.1) is 5.92 Å². The quantitative estimate of drug-likeness (QED) is 0.654. The second-order valence-corrected chi connectivity index (χ2v) is 8.78. The first-order chi connectivity index (χ1) is 13.0. The molecule has 1 aliphatic rings. The molecule has 28 heavy (non-hydrogen) atoms. The van der Waals surface area contributed by atoms with Gasteiger partial charge in [-0.15, -0.1) is 11.8 Å². The SMILES string of the molecule is CCN(CCN1C(=O)C(C)SC1c1ccc(C(F)(F)F)cc1)C(=O)CC(C)C. The first-order valence-corrected chi connectivity index (χ1v) is 10.4. The summed E-state index contributed by atoms with van der Waals surface area (Å²) in [5, 5.41) is -0.613. The van der Waals surface area contributed by atoms with E-state index in [0.717, 1.165) is 12.1 Å². The molecule has 1 aromatic rings. The van der Waals surface area contributed by atoms with E-state index in [1.165, 1.54) is 23.9 Å². The molecule has 1 heterocycles. The van der Waals surface area contributed by atoms with Crippen LogP contribution in [0.2, 0.25) is 0 Å². The van der Waals surface area contributed by atoms with E-state index in [1.54, 1.807) is 16.7 Å². The lowest BCUT2D eigenvalue weighted by Gasteiger charge is -2.28. The second-order valence-electron chi connectivity index (χ2n) is 7.35. The van der Waals surface area contributed by atoms with Gasteiger partial charge >= 0.3 is 6.18 Å². The Morgan fingerprint density at radius 3 is 2.36 bits per heavy atom. The minimum Gasteiger partial charge on any atom is -0.341 e. The molecule has 1 aromatic carbocycles. The molecule has 1 fully saturated rings. The van der Waals surface area contributed by atoms with Crippen LogP contribution in [-0.4, -0.2) is 46.5 Å². The maximum atomic E-state index is 12.8. The molecule has 0 spiro atoms. The molecule has 0 radical (unpaired) electrons. The van der Waals surface area contributed by atoms with E-state index in [9.17, 15) is 22.8 Å². The van der Waals surface area contributed by atoms with Crippen LogP contribution in [0.3, 0.4) is 0 Å². The van der Waals surface area contributed by atoms with Crippen LogP contribution in [0.1, 0.15) is 50.6 Å². The highest BCUT2D eigenvalue weighted by Gasteiger charge is 2.39. The molecule has 156 valence electrons. The summed E-state index contributed by atoms with van der Waals surface area (Å²) in [7, 11) is 0. The van der Waals surface area contributed by atoms with Crippen LogP contribution in [0.5, 0.6) is 0 Å². The molecule has 2 unspecified atom stereocenters. The maximum Gasteiger partial charge on any atom is 0.416 e. The highest BCUT2D eigenvalue weighted by Crippen LogP contribution is 2.43. The average molecular weight is 417 g/mol. The van der Waals surface area contributed by atoms with Crippen LogP contribution in [0.15, 0.2) is 24.3 Å². The Morgan fingerprint density at radius 1 is 1.25 bits per heavy atom. The molecule has 0 aromatic heterocycles. The Hall–Kier alpha value is -1.70. The molecule has 0 bridgehead atoms. The van der Waals surface area contributed by atoms with Crippen LogP contribution in [0.4, 0.5) is 13.2 Å². The van der Waals surface area contributed by atoms with Crippen LogP contribution in [-0.2, 0) is 15.8 Å². The number of carbonyl (C=O) groups excluding carboxylic acids is 2. The van der Waals surface area contributed by atoms with Gasteiger partial charge in [-0.05, 0) is 37.5 Å². The summed E-state index contributed by atoms with van der Waals surface area (Å²) >= 11 is 1.42. The lowest BCUT2D eigenvalue weighted by Crippen LogP contribution is -2.41. The summed E-state index contributed by atoms with van der Waals surface area (Å²) in [6, 6.07) is 4.96. The molecule has 4 nitrogen and oxygen atoms in total. The number of hydrogen-bond donors (Lipinski definition) is 0. The number of halogens is 3. The van der Waals surface area contributed by atoms with Crippen molar-refractivity contribution in [1.82, 2.24) is 9.80 Å². The number of hydrogen-bond acceptors (Lipinski definition) is 3. The molecule has 1 aliphatic heterocycles. The first-order valence-electron chi connectivity index (χ1n) is 9.45. The summed E-state index contributed by atoms with van der Waals surface area (Å²) in [4.78, 5) is 28.3. The maximum absolute atomic E-state index is 12.8. The zero-order chi connectivity index (χ0) is 21.1. The molecule has 1 saturated heterocycles. The third-order valence-corrected chi connectivity index (χ3v) is 6.09. The number of amides is 2. The summed E-state index contributed by atoms with van der Waals surface area (Å²) in [5.41, 5.74) is -0.0473. The zero-order valence-corrected chi connectivity index (χ0v) is 17.4. The lowest BCUT2D eigenvalue weighted by molar-refractivity contribution is -0.137. The number of nitrogens with zero attached hydrogens (tertiary/aromatic N) is 2. The van der Waals surface area contributed by atoms with Crippen molar-refractivity contribution in [3.63, 3.8) is 0 Å². The number of carbonyl (C=O) groups is 2. The van der Waals surface area contributed by atoms with E-state index in [-0.39, 0.29) is 28.4 Å². The average Bonchev–Trinajstić information content (AvgIpc) is 2.89. The normalized spacial score (nSPS) is 20.1. The Balaban J connectivity index is 2.12. The van der Waals surface area contributed by atoms with Gasteiger partial charge < -0.3 is 9.80 Å². The molecule has 0 N–H and O–H groups in total. The van der Waals surface area contributed by atoms with E-state index >= 15 is 0 Å². The summed E-state index contributed by atoms with van der Waals surface area (Å²) in [6.07, 6.45) is -3.93. The Bertz CT molecular complexity index is 692. The predicted octanol–water partition coefficient (Wildman–Crippen LogP) is 4.56. The molecule has 0 aliphatic carbocycles. The number of likely N-dealkylation sites (N-methyl/N-ethyl adjacent to an activating group) is 1. The fourth-order valence-corrected chi connectivity index (χ4v) is 4.47. The zero-order valence-electron chi connectivity index (χ0n) is 16.6. The minimum absolute atomic E-state index is 0.0518. The van der Waals surface area contributed by atoms with Gasteiger partial charge in [0.05, 0.1) is 10.8 Å². The van der Waals surface area contributed by atoms with Gasteiger partial charge in [-0.3, -0.25) is 9.59 Å². The van der Waals surface area contributed by atoms with Crippen molar-refractivity contribution in [2.24, 2.45) is 5.92 Å².